The van der Waals surface area contributed by atoms with Gasteiger partial charge in [0.05, 0.1) is 31.7 Å². The van der Waals surface area contributed by atoms with Crippen molar-refractivity contribution >= 4 is 10.0 Å². The number of sulfonamides is 1. The Labute approximate surface area is 104 Å². The Kier molecular flexibility index (Phi) is 6.40. The second kappa shape index (κ2) is 7.31. The Balaban J connectivity index is 1.94. The third-order valence-corrected chi connectivity index (χ3v) is 3.79. The van der Waals surface area contributed by atoms with Crippen LogP contribution in [0.3, 0.4) is 0 Å². The normalized spacial score (nSPS) is 26.0. The molecule has 0 aromatic heterocycles. The topological polar surface area (TPSA) is 78.6 Å². The maximum atomic E-state index is 10.6. The standard InChI is InChI=1S/C11H23NO4S/c1-10-2-4-11(5-3-10)16-7-6-15-8-9-17(12,13)14/h10-11H,2-9H2,1H3,(H2,12,13,14). The Morgan fingerprint density at radius 1 is 1.12 bits per heavy atom. The first-order valence-electron chi connectivity index (χ1n) is 6.17. The monoisotopic (exact) mass is 265 g/mol. The largest absolute Gasteiger partial charge is 0.378 e. The number of hydrogen-bond acceptors (Lipinski definition) is 4. The fourth-order valence-corrected chi connectivity index (χ4v) is 2.30. The van der Waals surface area contributed by atoms with E-state index in [0.29, 0.717) is 19.3 Å². The van der Waals surface area contributed by atoms with Crippen LogP contribution in [0, 0.1) is 5.92 Å². The van der Waals surface area contributed by atoms with E-state index in [1.54, 1.807) is 0 Å². The zero-order valence-corrected chi connectivity index (χ0v) is 11.2. The minimum atomic E-state index is -3.40. The molecule has 0 saturated heterocycles. The average molecular weight is 265 g/mol. The van der Waals surface area contributed by atoms with Gasteiger partial charge < -0.3 is 9.47 Å². The molecule has 6 heteroatoms. The predicted molar refractivity (Wildman–Crippen MR) is 66.2 cm³/mol. The molecule has 102 valence electrons. The number of hydrogen-bond donors (Lipinski definition) is 1. The van der Waals surface area contributed by atoms with Crippen molar-refractivity contribution in [1.82, 2.24) is 0 Å². The summed E-state index contributed by atoms with van der Waals surface area (Å²) in [4.78, 5) is 0. The van der Waals surface area contributed by atoms with Crippen molar-refractivity contribution in [2.45, 2.75) is 38.7 Å². The van der Waals surface area contributed by atoms with E-state index < -0.39 is 10.0 Å². The van der Waals surface area contributed by atoms with E-state index in [4.69, 9.17) is 14.6 Å². The summed E-state index contributed by atoms with van der Waals surface area (Å²) in [5.41, 5.74) is 0. The molecule has 0 bridgehead atoms. The van der Waals surface area contributed by atoms with Gasteiger partial charge in [-0.2, -0.15) is 0 Å². The molecule has 0 aromatic rings. The minimum absolute atomic E-state index is 0.131. The van der Waals surface area contributed by atoms with Crippen LogP contribution in [0.15, 0.2) is 0 Å². The van der Waals surface area contributed by atoms with Crippen LogP contribution in [0.25, 0.3) is 0 Å². The lowest BCUT2D eigenvalue weighted by Crippen LogP contribution is -2.23. The first kappa shape index (κ1) is 14.9. The third-order valence-electron chi connectivity index (χ3n) is 3.06. The van der Waals surface area contributed by atoms with Gasteiger partial charge in [0.1, 0.15) is 0 Å². The lowest BCUT2D eigenvalue weighted by molar-refractivity contribution is -0.0130. The van der Waals surface area contributed by atoms with Gasteiger partial charge in [-0.25, -0.2) is 13.6 Å². The van der Waals surface area contributed by atoms with Gasteiger partial charge in [-0.05, 0) is 31.6 Å². The summed E-state index contributed by atoms with van der Waals surface area (Å²) in [5, 5.41) is 4.84. The summed E-state index contributed by atoms with van der Waals surface area (Å²) in [6, 6.07) is 0. The van der Waals surface area contributed by atoms with Gasteiger partial charge in [-0.3, -0.25) is 0 Å². The van der Waals surface area contributed by atoms with Gasteiger partial charge in [0.15, 0.2) is 0 Å². The highest BCUT2D eigenvalue weighted by Crippen LogP contribution is 2.25. The van der Waals surface area contributed by atoms with Crippen LogP contribution in [0.5, 0.6) is 0 Å². The molecule has 0 amide bonds. The lowest BCUT2D eigenvalue weighted by Gasteiger charge is -2.26. The zero-order chi connectivity index (χ0) is 12.7. The molecule has 1 aliphatic carbocycles. The summed E-state index contributed by atoms with van der Waals surface area (Å²) >= 11 is 0. The number of ether oxygens (including phenoxy) is 2. The highest BCUT2D eigenvalue weighted by atomic mass is 32.2. The van der Waals surface area contributed by atoms with Crippen LogP contribution in [-0.2, 0) is 19.5 Å². The molecule has 0 unspecified atom stereocenters. The van der Waals surface area contributed by atoms with Crippen molar-refractivity contribution in [3.05, 3.63) is 0 Å². The highest BCUT2D eigenvalue weighted by Gasteiger charge is 2.18. The second-order valence-corrected chi connectivity index (χ2v) is 6.47. The molecule has 2 N–H and O–H groups in total. The predicted octanol–water partition coefficient (Wildman–Crippen LogP) is 0.887. The Bertz CT molecular complexity index is 297. The van der Waals surface area contributed by atoms with Crippen LogP contribution in [0.1, 0.15) is 32.6 Å². The second-order valence-electron chi connectivity index (χ2n) is 4.73. The lowest BCUT2D eigenvalue weighted by atomic mass is 9.89. The molecule has 1 aliphatic rings. The molecule has 17 heavy (non-hydrogen) atoms. The summed E-state index contributed by atoms with van der Waals surface area (Å²) in [6.07, 6.45) is 5.07. The maximum Gasteiger partial charge on any atom is 0.211 e. The smallest absolute Gasteiger partial charge is 0.211 e. The quantitative estimate of drug-likeness (QED) is 0.693. The Hall–Kier alpha value is -0.170. The van der Waals surface area contributed by atoms with Crippen LogP contribution < -0.4 is 5.14 Å². The fourth-order valence-electron chi connectivity index (χ4n) is 1.95. The number of primary sulfonamides is 1. The first-order chi connectivity index (χ1) is 7.97. The van der Waals surface area contributed by atoms with Crippen LogP contribution >= 0.6 is 0 Å². The molecular weight excluding hydrogens is 242 g/mol. The third kappa shape index (κ3) is 7.70. The van der Waals surface area contributed by atoms with Gasteiger partial charge >= 0.3 is 0 Å². The van der Waals surface area contributed by atoms with Crippen molar-refractivity contribution in [3.8, 4) is 0 Å². The average Bonchev–Trinajstić information content (AvgIpc) is 2.24. The van der Waals surface area contributed by atoms with Crippen molar-refractivity contribution in [2.24, 2.45) is 11.1 Å². The van der Waals surface area contributed by atoms with E-state index in [-0.39, 0.29) is 12.4 Å². The Morgan fingerprint density at radius 3 is 2.35 bits per heavy atom. The van der Waals surface area contributed by atoms with Gasteiger partial charge in [0.2, 0.25) is 10.0 Å². The first-order valence-corrected chi connectivity index (χ1v) is 7.89. The van der Waals surface area contributed by atoms with E-state index >= 15 is 0 Å². The molecule has 5 nitrogen and oxygen atoms in total. The zero-order valence-electron chi connectivity index (χ0n) is 10.4. The van der Waals surface area contributed by atoms with E-state index in [1.807, 2.05) is 0 Å². The van der Waals surface area contributed by atoms with Gasteiger partial charge in [0.25, 0.3) is 0 Å². The molecule has 0 aromatic carbocycles. The highest BCUT2D eigenvalue weighted by molar-refractivity contribution is 7.89. The molecule has 0 heterocycles. The number of nitrogens with two attached hydrogens (primary N) is 1. The molecule has 0 spiro atoms. The van der Waals surface area contributed by atoms with Crippen molar-refractivity contribution in [3.63, 3.8) is 0 Å². The summed E-state index contributed by atoms with van der Waals surface area (Å²) in [7, 11) is -3.40. The van der Waals surface area contributed by atoms with Crippen LogP contribution in [0.4, 0.5) is 0 Å². The van der Waals surface area contributed by atoms with E-state index in [1.165, 1.54) is 12.8 Å². The fraction of sp³-hybridized carbons (Fsp3) is 1.00. The van der Waals surface area contributed by atoms with Gasteiger partial charge in [0, 0.05) is 0 Å². The number of rotatable bonds is 7. The maximum absolute atomic E-state index is 10.6. The summed E-state index contributed by atoms with van der Waals surface area (Å²) < 4.78 is 32.0. The van der Waals surface area contributed by atoms with E-state index in [0.717, 1.165) is 18.8 Å². The van der Waals surface area contributed by atoms with Crippen LogP contribution in [-0.4, -0.2) is 40.1 Å². The van der Waals surface area contributed by atoms with Gasteiger partial charge in [-0.1, -0.05) is 6.92 Å². The Morgan fingerprint density at radius 2 is 1.76 bits per heavy atom. The molecule has 1 rings (SSSR count). The van der Waals surface area contributed by atoms with E-state index in [2.05, 4.69) is 6.92 Å². The van der Waals surface area contributed by atoms with Crippen LogP contribution in [0.2, 0.25) is 0 Å². The molecule has 1 saturated carbocycles. The molecule has 0 radical (unpaired) electrons. The van der Waals surface area contributed by atoms with Crippen molar-refractivity contribution < 1.29 is 17.9 Å². The van der Waals surface area contributed by atoms with Crippen molar-refractivity contribution in [1.29, 1.82) is 0 Å². The van der Waals surface area contributed by atoms with Gasteiger partial charge in [-0.15, -0.1) is 0 Å². The van der Waals surface area contributed by atoms with Crippen molar-refractivity contribution in [2.75, 3.05) is 25.6 Å². The molecule has 0 aliphatic heterocycles. The molecular formula is C11H23NO4S. The van der Waals surface area contributed by atoms with E-state index in [9.17, 15) is 8.42 Å². The molecule has 0 atom stereocenters. The SMILES string of the molecule is CC1CCC(OCCOCCS(N)(=O)=O)CC1. The molecule has 1 fully saturated rings. The minimum Gasteiger partial charge on any atom is -0.378 e. The summed E-state index contributed by atoms with van der Waals surface area (Å²) in [5.74, 6) is 0.689. The summed E-state index contributed by atoms with van der Waals surface area (Å²) in [6.45, 7) is 3.38.